The largest absolute Gasteiger partial charge is 0.407 e. The van der Waals surface area contributed by atoms with Gasteiger partial charge in [-0.05, 0) is 36.6 Å². The molecule has 0 N–H and O–H groups in total. The third-order valence-electron chi connectivity index (χ3n) is 4.39. The lowest BCUT2D eigenvalue weighted by molar-refractivity contribution is 0.202. The van der Waals surface area contributed by atoms with E-state index < -0.39 is 8.56 Å². The first-order valence-electron chi connectivity index (χ1n) is 9.87. The van der Waals surface area contributed by atoms with Crippen LogP contribution in [0.3, 0.4) is 0 Å². The molecule has 2 aromatic rings. The molecule has 0 radical (unpaired) electrons. The molecule has 2 rings (SSSR count). The highest BCUT2D eigenvalue weighted by Gasteiger charge is 2.42. The number of benzene rings is 2. The Bertz CT molecular complexity index is 586. The first kappa shape index (κ1) is 20.6. The minimum Gasteiger partial charge on any atom is -0.388 e. The number of unbranched alkanes of at least 4 members (excludes halogenated alkanes) is 3. The molecule has 0 aliphatic heterocycles. The van der Waals surface area contributed by atoms with Gasteiger partial charge >= 0.3 is 8.56 Å². The van der Waals surface area contributed by atoms with Gasteiger partial charge in [0.05, 0.1) is 0 Å². The number of hydrogen-bond donors (Lipinski definition) is 0. The van der Waals surface area contributed by atoms with Crippen LogP contribution in [0.25, 0.3) is 0 Å². The maximum absolute atomic E-state index is 6.54. The smallest absolute Gasteiger partial charge is 0.388 e. The van der Waals surface area contributed by atoms with Crippen LogP contribution in [0.2, 0.25) is 0 Å². The molecule has 0 amide bonds. The highest BCUT2D eigenvalue weighted by molar-refractivity contribution is 6.92. The van der Waals surface area contributed by atoms with Gasteiger partial charge in [-0.2, -0.15) is 0 Å². The van der Waals surface area contributed by atoms with E-state index in [1.54, 1.807) is 0 Å². The molecule has 0 aromatic heterocycles. The molecule has 3 heteroatoms. The Hall–Kier alpha value is -1.68. The van der Waals surface area contributed by atoms with Crippen molar-refractivity contribution in [2.75, 3.05) is 13.2 Å². The normalized spacial score (nSPS) is 11.9. The van der Waals surface area contributed by atoms with E-state index in [1.807, 2.05) is 19.1 Å². The maximum atomic E-state index is 6.54. The third kappa shape index (κ3) is 5.94. The van der Waals surface area contributed by atoms with E-state index in [4.69, 9.17) is 8.85 Å². The second-order valence-electron chi connectivity index (χ2n) is 6.39. The van der Waals surface area contributed by atoms with Gasteiger partial charge in [-0.15, -0.1) is 0 Å². The van der Waals surface area contributed by atoms with Gasteiger partial charge in [0, 0.05) is 13.2 Å². The highest BCUT2D eigenvalue weighted by atomic mass is 28.4. The second kappa shape index (κ2) is 11.8. The zero-order chi connectivity index (χ0) is 18.5. The molecule has 0 atom stereocenters. The summed E-state index contributed by atoms with van der Waals surface area (Å²) in [5.74, 6) is 0. The Morgan fingerprint density at radius 1 is 0.731 bits per heavy atom. The average Bonchev–Trinajstić information content (AvgIpc) is 2.70. The van der Waals surface area contributed by atoms with Crippen molar-refractivity contribution >= 4 is 18.9 Å². The Morgan fingerprint density at radius 2 is 1.31 bits per heavy atom. The van der Waals surface area contributed by atoms with Gasteiger partial charge in [0.2, 0.25) is 0 Å². The molecule has 0 spiro atoms. The van der Waals surface area contributed by atoms with Gasteiger partial charge in [0.25, 0.3) is 0 Å². The fourth-order valence-electron chi connectivity index (χ4n) is 3.08. The van der Waals surface area contributed by atoms with E-state index >= 15 is 0 Å². The lowest BCUT2D eigenvalue weighted by atomic mass is 10.2. The van der Waals surface area contributed by atoms with Gasteiger partial charge in [-0.3, -0.25) is 0 Å². The summed E-state index contributed by atoms with van der Waals surface area (Å²) in [6, 6.07) is 20.9. The van der Waals surface area contributed by atoms with E-state index in [2.05, 4.69) is 67.6 Å². The third-order valence-corrected chi connectivity index (χ3v) is 7.88. The first-order chi connectivity index (χ1) is 12.8. The maximum Gasteiger partial charge on any atom is 0.407 e. The van der Waals surface area contributed by atoms with E-state index in [9.17, 15) is 0 Å². The Labute approximate surface area is 160 Å². The van der Waals surface area contributed by atoms with Crippen molar-refractivity contribution in [3.63, 3.8) is 0 Å². The van der Waals surface area contributed by atoms with Gasteiger partial charge < -0.3 is 8.85 Å². The molecule has 0 aliphatic rings. The summed E-state index contributed by atoms with van der Waals surface area (Å²) in [5, 5.41) is 2.33. The van der Waals surface area contributed by atoms with Crippen molar-refractivity contribution in [2.24, 2.45) is 0 Å². The van der Waals surface area contributed by atoms with Crippen molar-refractivity contribution in [1.29, 1.82) is 0 Å². The SMILES string of the molecule is CCCCC/C=C/CCO[Si](OCC)(c1ccccc1)c1ccccc1. The summed E-state index contributed by atoms with van der Waals surface area (Å²) in [5.41, 5.74) is 0. The van der Waals surface area contributed by atoms with Crippen LogP contribution in [-0.2, 0) is 8.85 Å². The van der Waals surface area contributed by atoms with Crippen LogP contribution in [0.15, 0.2) is 72.8 Å². The summed E-state index contributed by atoms with van der Waals surface area (Å²) in [6.45, 7) is 5.61. The molecular weight excluding hydrogens is 336 g/mol. The van der Waals surface area contributed by atoms with Crippen LogP contribution in [-0.4, -0.2) is 21.8 Å². The number of rotatable bonds is 12. The predicted molar refractivity (Wildman–Crippen MR) is 113 cm³/mol. The van der Waals surface area contributed by atoms with E-state index in [1.165, 1.54) is 36.1 Å². The van der Waals surface area contributed by atoms with Crippen LogP contribution >= 0.6 is 0 Å². The van der Waals surface area contributed by atoms with Gasteiger partial charge in [-0.25, -0.2) is 0 Å². The van der Waals surface area contributed by atoms with Crippen molar-refractivity contribution < 1.29 is 8.85 Å². The highest BCUT2D eigenvalue weighted by Crippen LogP contribution is 2.11. The molecule has 26 heavy (non-hydrogen) atoms. The molecule has 2 nitrogen and oxygen atoms in total. The molecule has 2 aromatic carbocycles. The molecule has 140 valence electrons. The average molecular weight is 369 g/mol. The molecule has 0 bridgehead atoms. The van der Waals surface area contributed by atoms with E-state index in [0.29, 0.717) is 13.2 Å². The molecule has 0 saturated heterocycles. The van der Waals surface area contributed by atoms with Crippen LogP contribution in [0.5, 0.6) is 0 Å². The number of allylic oxidation sites excluding steroid dienone is 1. The van der Waals surface area contributed by atoms with Crippen molar-refractivity contribution in [3.05, 3.63) is 72.8 Å². The topological polar surface area (TPSA) is 18.5 Å². The van der Waals surface area contributed by atoms with Gasteiger partial charge in [0.1, 0.15) is 0 Å². The zero-order valence-corrected chi connectivity index (χ0v) is 17.2. The monoisotopic (exact) mass is 368 g/mol. The predicted octanol–water partition coefficient (Wildman–Crippen LogP) is 4.82. The Morgan fingerprint density at radius 3 is 1.85 bits per heavy atom. The van der Waals surface area contributed by atoms with Crippen LogP contribution < -0.4 is 10.4 Å². The first-order valence-corrected chi connectivity index (χ1v) is 11.7. The quantitative estimate of drug-likeness (QED) is 0.304. The Kier molecular flexibility index (Phi) is 9.39. The van der Waals surface area contributed by atoms with E-state index in [0.717, 1.165) is 6.42 Å². The molecule has 0 aliphatic carbocycles. The molecule has 0 heterocycles. The minimum atomic E-state index is -2.66. The molecule has 0 saturated carbocycles. The fraction of sp³-hybridized carbons (Fsp3) is 0.391. The zero-order valence-electron chi connectivity index (χ0n) is 16.2. The summed E-state index contributed by atoms with van der Waals surface area (Å²) in [4.78, 5) is 0. The second-order valence-corrected chi connectivity index (χ2v) is 9.35. The lowest BCUT2D eigenvalue weighted by Crippen LogP contribution is -2.63. The van der Waals surface area contributed by atoms with Gasteiger partial charge in [0.15, 0.2) is 0 Å². The summed E-state index contributed by atoms with van der Waals surface area (Å²) < 4.78 is 12.9. The molecular formula is C23H32O2Si. The van der Waals surface area contributed by atoms with Crippen molar-refractivity contribution in [2.45, 2.75) is 46.0 Å². The summed E-state index contributed by atoms with van der Waals surface area (Å²) in [6.07, 6.45) is 10.5. The van der Waals surface area contributed by atoms with Crippen LogP contribution in [0.4, 0.5) is 0 Å². The standard InChI is InChI=1S/C23H32O2Si/c1-3-5-6-7-8-9-16-21-25-26(24-4-2,22-17-12-10-13-18-22)23-19-14-11-15-20-23/h8-15,17-20H,3-7,16,21H2,1-2H3/b9-8+. The summed E-state index contributed by atoms with van der Waals surface area (Å²) in [7, 11) is -2.66. The van der Waals surface area contributed by atoms with Crippen molar-refractivity contribution in [3.8, 4) is 0 Å². The molecule has 0 unspecified atom stereocenters. The van der Waals surface area contributed by atoms with Crippen LogP contribution in [0.1, 0.15) is 46.0 Å². The van der Waals surface area contributed by atoms with Crippen LogP contribution in [0, 0.1) is 0 Å². The lowest BCUT2D eigenvalue weighted by Gasteiger charge is -2.31. The minimum absolute atomic E-state index is 0.642. The number of hydrogen-bond acceptors (Lipinski definition) is 2. The van der Waals surface area contributed by atoms with Gasteiger partial charge in [-0.1, -0.05) is 92.6 Å². The van der Waals surface area contributed by atoms with E-state index in [-0.39, 0.29) is 0 Å². The van der Waals surface area contributed by atoms with Crippen molar-refractivity contribution in [1.82, 2.24) is 0 Å². The Balaban J connectivity index is 2.11. The molecule has 0 fully saturated rings. The summed E-state index contributed by atoms with van der Waals surface area (Å²) >= 11 is 0. The fourth-order valence-corrected chi connectivity index (χ4v) is 6.24.